The van der Waals surface area contributed by atoms with Crippen molar-refractivity contribution in [2.75, 3.05) is 19.0 Å². The van der Waals surface area contributed by atoms with E-state index in [1.54, 1.807) is 31.5 Å². The van der Waals surface area contributed by atoms with Crippen LogP contribution in [-0.4, -0.2) is 34.6 Å². The Morgan fingerprint density at radius 2 is 2.35 bits per heavy atom. The molecule has 0 spiro atoms. The first-order chi connectivity index (χ1) is 9.63. The van der Waals surface area contributed by atoms with Crippen molar-refractivity contribution >= 4 is 27.5 Å². The van der Waals surface area contributed by atoms with Crippen LogP contribution in [0.2, 0.25) is 0 Å². The second-order valence-electron chi connectivity index (χ2n) is 3.96. The van der Waals surface area contributed by atoms with Gasteiger partial charge in [0, 0.05) is 17.1 Å². The first kappa shape index (κ1) is 14.5. The molecule has 1 aromatic carbocycles. The van der Waals surface area contributed by atoms with E-state index in [2.05, 4.69) is 31.6 Å². The summed E-state index contributed by atoms with van der Waals surface area (Å²) in [5.41, 5.74) is 6.24. The van der Waals surface area contributed by atoms with Gasteiger partial charge in [0.05, 0.1) is 25.5 Å². The van der Waals surface area contributed by atoms with Gasteiger partial charge in [-0.2, -0.15) is 0 Å². The number of nitrogens with two attached hydrogens (primary N) is 1. The molecule has 0 bridgehead atoms. The molecular formula is C12H14BrN5O2. The van der Waals surface area contributed by atoms with Gasteiger partial charge in [0.25, 0.3) is 5.91 Å². The molecule has 1 heterocycles. The second-order valence-corrected chi connectivity index (χ2v) is 4.81. The average Bonchev–Trinajstić information content (AvgIpc) is 2.90. The standard InChI is InChI=1S/C12H14BrN5O2/c1-20-8-2-3-9(13)10(6-8)15-12(19)11-7-18(5-4-14)17-16-11/h2-3,6-7H,4-5,14H2,1H3,(H,15,19). The summed E-state index contributed by atoms with van der Waals surface area (Å²) in [6.45, 7) is 0.953. The van der Waals surface area contributed by atoms with Gasteiger partial charge in [-0.25, -0.2) is 0 Å². The van der Waals surface area contributed by atoms with Gasteiger partial charge < -0.3 is 15.8 Å². The van der Waals surface area contributed by atoms with E-state index < -0.39 is 0 Å². The lowest BCUT2D eigenvalue weighted by molar-refractivity contribution is 0.102. The lowest BCUT2D eigenvalue weighted by Gasteiger charge is -2.07. The monoisotopic (exact) mass is 339 g/mol. The number of hydrogen-bond donors (Lipinski definition) is 2. The van der Waals surface area contributed by atoms with Gasteiger partial charge in [-0.15, -0.1) is 5.10 Å². The highest BCUT2D eigenvalue weighted by Gasteiger charge is 2.13. The predicted molar refractivity (Wildman–Crippen MR) is 77.7 cm³/mol. The maximum atomic E-state index is 12.1. The highest BCUT2D eigenvalue weighted by molar-refractivity contribution is 9.10. The van der Waals surface area contributed by atoms with Crippen molar-refractivity contribution in [3.63, 3.8) is 0 Å². The van der Waals surface area contributed by atoms with Crippen molar-refractivity contribution in [1.29, 1.82) is 0 Å². The minimum atomic E-state index is -0.345. The van der Waals surface area contributed by atoms with Crippen molar-refractivity contribution in [2.45, 2.75) is 6.54 Å². The Balaban J connectivity index is 2.14. The first-order valence-electron chi connectivity index (χ1n) is 5.89. The quantitative estimate of drug-likeness (QED) is 0.854. The van der Waals surface area contributed by atoms with Gasteiger partial charge in [-0.05, 0) is 28.1 Å². The Kier molecular flexibility index (Phi) is 4.70. The zero-order chi connectivity index (χ0) is 14.5. The Bertz CT molecular complexity index is 614. The van der Waals surface area contributed by atoms with Crippen LogP contribution in [0.25, 0.3) is 0 Å². The molecule has 1 amide bonds. The molecule has 0 aliphatic carbocycles. The van der Waals surface area contributed by atoms with E-state index in [1.807, 2.05) is 0 Å². The smallest absolute Gasteiger partial charge is 0.277 e. The SMILES string of the molecule is COc1ccc(Br)c(NC(=O)c2cn(CCN)nn2)c1. The van der Waals surface area contributed by atoms with Gasteiger partial charge in [-0.1, -0.05) is 5.21 Å². The van der Waals surface area contributed by atoms with E-state index >= 15 is 0 Å². The molecule has 106 valence electrons. The molecule has 2 rings (SSSR count). The van der Waals surface area contributed by atoms with E-state index in [0.717, 1.165) is 4.47 Å². The van der Waals surface area contributed by atoms with Crippen molar-refractivity contribution in [1.82, 2.24) is 15.0 Å². The van der Waals surface area contributed by atoms with E-state index in [0.29, 0.717) is 24.5 Å². The second kappa shape index (κ2) is 6.49. The topological polar surface area (TPSA) is 95.1 Å². The average molecular weight is 340 g/mol. The summed E-state index contributed by atoms with van der Waals surface area (Å²) < 4.78 is 7.39. The molecule has 0 radical (unpaired) electrons. The minimum Gasteiger partial charge on any atom is -0.497 e. The van der Waals surface area contributed by atoms with Crippen LogP contribution in [-0.2, 0) is 6.54 Å². The van der Waals surface area contributed by atoms with Crippen molar-refractivity contribution < 1.29 is 9.53 Å². The fourth-order valence-corrected chi connectivity index (χ4v) is 1.90. The van der Waals surface area contributed by atoms with E-state index in [4.69, 9.17) is 10.5 Å². The van der Waals surface area contributed by atoms with Crippen LogP contribution < -0.4 is 15.8 Å². The summed E-state index contributed by atoms with van der Waals surface area (Å²) in [7, 11) is 1.56. The van der Waals surface area contributed by atoms with Gasteiger partial charge >= 0.3 is 0 Å². The van der Waals surface area contributed by atoms with Crippen LogP contribution in [0.15, 0.2) is 28.9 Å². The summed E-state index contributed by atoms with van der Waals surface area (Å²) in [5.74, 6) is 0.303. The number of hydrogen-bond acceptors (Lipinski definition) is 5. The van der Waals surface area contributed by atoms with Crippen molar-refractivity contribution in [3.8, 4) is 5.75 Å². The number of halogens is 1. The van der Waals surface area contributed by atoms with Crippen LogP contribution >= 0.6 is 15.9 Å². The number of aromatic nitrogens is 3. The number of anilines is 1. The van der Waals surface area contributed by atoms with E-state index in [-0.39, 0.29) is 11.6 Å². The largest absolute Gasteiger partial charge is 0.497 e. The van der Waals surface area contributed by atoms with Crippen LogP contribution in [0.4, 0.5) is 5.69 Å². The molecule has 20 heavy (non-hydrogen) atoms. The molecule has 8 heteroatoms. The Morgan fingerprint density at radius 3 is 3.05 bits per heavy atom. The fraction of sp³-hybridized carbons (Fsp3) is 0.250. The molecule has 1 aromatic heterocycles. The Morgan fingerprint density at radius 1 is 1.55 bits per heavy atom. The predicted octanol–water partition coefficient (Wildman–Crippen LogP) is 1.26. The third kappa shape index (κ3) is 3.34. The summed E-state index contributed by atoms with van der Waals surface area (Å²) in [5, 5.41) is 10.4. The van der Waals surface area contributed by atoms with Gasteiger partial charge in [0.2, 0.25) is 0 Å². The number of nitrogens with one attached hydrogen (secondary N) is 1. The van der Waals surface area contributed by atoms with Crippen molar-refractivity contribution in [3.05, 3.63) is 34.6 Å². The molecule has 0 atom stereocenters. The molecule has 0 aliphatic rings. The molecule has 7 nitrogen and oxygen atoms in total. The summed E-state index contributed by atoms with van der Waals surface area (Å²) in [6, 6.07) is 5.29. The Hall–Kier alpha value is -1.93. The number of rotatable bonds is 5. The molecule has 3 N–H and O–H groups in total. The van der Waals surface area contributed by atoms with Gasteiger partial charge in [0.1, 0.15) is 5.75 Å². The lowest BCUT2D eigenvalue weighted by atomic mass is 10.3. The molecule has 0 unspecified atom stereocenters. The van der Waals surface area contributed by atoms with Gasteiger partial charge in [-0.3, -0.25) is 9.48 Å². The minimum absolute atomic E-state index is 0.230. The van der Waals surface area contributed by atoms with E-state index in [9.17, 15) is 4.79 Å². The van der Waals surface area contributed by atoms with Gasteiger partial charge in [0.15, 0.2) is 5.69 Å². The molecule has 0 saturated carbocycles. The highest BCUT2D eigenvalue weighted by Crippen LogP contribution is 2.27. The fourth-order valence-electron chi connectivity index (χ4n) is 1.56. The van der Waals surface area contributed by atoms with Crippen LogP contribution in [0.3, 0.4) is 0 Å². The highest BCUT2D eigenvalue weighted by atomic mass is 79.9. The number of ether oxygens (including phenoxy) is 1. The third-order valence-corrected chi connectivity index (χ3v) is 3.24. The normalized spacial score (nSPS) is 10.3. The summed E-state index contributed by atoms with van der Waals surface area (Å²) in [6.07, 6.45) is 1.55. The van der Waals surface area contributed by atoms with Crippen LogP contribution in [0.5, 0.6) is 5.75 Å². The number of nitrogens with zero attached hydrogens (tertiary/aromatic N) is 3. The van der Waals surface area contributed by atoms with E-state index in [1.165, 1.54) is 4.68 Å². The molecule has 0 saturated heterocycles. The maximum Gasteiger partial charge on any atom is 0.277 e. The molecule has 2 aromatic rings. The van der Waals surface area contributed by atoms with Crippen LogP contribution in [0.1, 0.15) is 10.5 Å². The molecular weight excluding hydrogens is 326 g/mol. The lowest BCUT2D eigenvalue weighted by Crippen LogP contribution is -2.13. The summed E-state index contributed by atoms with van der Waals surface area (Å²) in [4.78, 5) is 12.1. The summed E-state index contributed by atoms with van der Waals surface area (Å²) >= 11 is 3.36. The Labute approximate surface area is 124 Å². The zero-order valence-electron chi connectivity index (χ0n) is 10.8. The first-order valence-corrected chi connectivity index (χ1v) is 6.68. The number of methoxy groups -OCH3 is 1. The number of amides is 1. The van der Waals surface area contributed by atoms with Crippen molar-refractivity contribution in [2.24, 2.45) is 5.73 Å². The number of carbonyl (C=O) groups excluding carboxylic acids is 1. The third-order valence-electron chi connectivity index (χ3n) is 2.55. The zero-order valence-corrected chi connectivity index (χ0v) is 12.4. The number of carbonyl (C=O) groups is 1. The number of benzene rings is 1. The van der Waals surface area contributed by atoms with Crippen LogP contribution in [0, 0.1) is 0 Å². The maximum absolute atomic E-state index is 12.1. The molecule has 0 fully saturated rings. The molecule has 0 aliphatic heterocycles.